The summed E-state index contributed by atoms with van der Waals surface area (Å²) in [5.41, 5.74) is 2.46. The van der Waals surface area contributed by atoms with Crippen molar-refractivity contribution in [3.8, 4) is 0 Å². The maximum absolute atomic E-state index is 12.0. The van der Waals surface area contributed by atoms with Gasteiger partial charge < -0.3 is 20.7 Å². The Kier molecular flexibility index (Phi) is 8.03. The van der Waals surface area contributed by atoms with E-state index in [1.54, 1.807) is 63.2 Å². The number of carbonyl (C=O) groups excluding carboxylic acids is 3. The third kappa shape index (κ3) is 7.12. The molecule has 2 aromatic carbocycles. The van der Waals surface area contributed by atoms with Gasteiger partial charge in [-0.15, -0.1) is 0 Å². The molecule has 0 saturated carbocycles. The van der Waals surface area contributed by atoms with Crippen LogP contribution in [0.1, 0.15) is 29.8 Å². The Labute approximate surface area is 174 Å². The normalized spacial score (nSPS) is 10.4. The lowest BCUT2D eigenvalue weighted by atomic mass is 10.2. The van der Waals surface area contributed by atoms with Crippen LogP contribution in [0.3, 0.4) is 0 Å². The van der Waals surface area contributed by atoms with Crippen LogP contribution in [-0.2, 0) is 14.3 Å². The Balaban J connectivity index is 1.76. The van der Waals surface area contributed by atoms with Gasteiger partial charge in [-0.2, -0.15) is 0 Å². The van der Waals surface area contributed by atoms with Gasteiger partial charge in [-0.05, 0) is 62.7 Å². The maximum atomic E-state index is 12.0. The fourth-order valence-corrected chi connectivity index (χ4v) is 2.54. The molecule has 0 aliphatic heterocycles. The number of carbonyl (C=O) groups is 3. The summed E-state index contributed by atoms with van der Waals surface area (Å²) in [6, 6.07) is 11.8. The van der Waals surface area contributed by atoms with Crippen molar-refractivity contribution in [1.82, 2.24) is 5.32 Å². The molecule has 3 N–H and O–H groups in total. The fraction of sp³-hybridized carbons (Fsp3) is 0.286. The summed E-state index contributed by atoms with van der Waals surface area (Å²) in [6.45, 7) is 5.19. The van der Waals surface area contributed by atoms with Gasteiger partial charge in [-0.3, -0.25) is 9.59 Å². The molecule has 0 bridgehead atoms. The molecule has 0 aliphatic carbocycles. The average Bonchev–Trinajstić information content (AvgIpc) is 2.68. The minimum atomic E-state index is -0.398. The molecule has 0 heterocycles. The first-order chi connectivity index (χ1) is 13.8. The van der Waals surface area contributed by atoms with Crippen LogP contribution in [0.5, 0.6) is 0 Å². The predicted molar refractivity (Wildman–Crippen MR) is 113 cm³/mol. The van der Waals surface area contributed by atoms with Crippen LogP contribution in [0.2, 0.25) is 5.02 Å². The number of hydrogen-bond acceptors (Lipinski definition) is 5. The number of amides is 2. The largest absolute Gasteiger partial charge is 0.459 e. The van der Waals surface area contributed by atoms with Gasteiger partial charge in [0.2, 0.25) is 11.8 Å². The number of anilines is 2. The van der Waals surface area contributed by atoms with E-state index in [1.165, 1.54) is 0 Å². The molecule has 0 radical (unpaired) electrons. The molecule has 7 nitrogen and oxygen atoms in total. The lowest BCUT2D eigenvalue weighted by Gasteiger charge is -2.11. The van der Waals surface area contributed by atoms with E-state index in [-0.39, 0.29) is 31.0 Å². The molecule has 0 atom stereocenters. The highest BCUT2D eigenvalue weighted by Gasteiger charge is 2.10. The molecule has 2 amide bonds. The number of rotatable bonds is 8. The van der Waals surface area contributed by atoms with Crippen molar-refractivity contribution in [2.75, 3.05) is 23.7 Å². The van der Waals surface area contributed by atoms with Crippen molar-refractivity contribution >= 4 is 40.8 Å². The summed E-state index contributed by atoms with van der Waals surface area (Å²) >= 11 is 6.02. The minimum absolute atomic E-state index is 0.0146. The molecular weight excluding hydrogens is 394 g/mol. The zero-order chi connectivity index (χ0) is 21.4. The number of nitrogens with one attached hydrogen (secondary N) is 3. The van der Waals surface area contributed by atoms with Crippen molar-refractivity contribution in [2.24, 2.45) is 0 Å². The minimum Gasteiger partial charge on any atom is -0.459 e. The smallest absolute Gasteiger partial charge is 0.338 e. The third-order valence-corrected chi connectivity index (χ3v) is 4.31. The van der Waals surface area contributed by atoms with E-state index in [2.05, 4.69) is 16.0 Å². The molecule has 8 heteroatoms. The average molecular weight is 418 g/mol. The number of hydrogen-bond donors (Lipinski definition) is 3. The Bertz CT molecular complexity index is 882. The molecule has 29 heavy (non-hydrogen) atoms. The second-order valence-electron chi connectivity index (χ2n) is 6.62. The van der Waals surface area contributed by atoms with Crippen molar-refractivity contribution in [3.63, 3.8) is 0 Å². The van der Waals surface area contributed by atoms with Gasteiger partial charge >= 0.3 is 5.97 Å². The summed E-state index contributed by atoms with van der Waals surface area (Å²) in [4.78, 5) is 35.7. The Morgan fingerprint density at radius 2 is 1.69 bits per heavy atom. The number of esters is 1. The van der Waals surface area contributed by atoms with Gasteiger partial charge in [0.25, 0.3) is 0 Å². The van der Waals surface area contributed by atoms with E-state index in [1.807, 2.05) is 0 Å². The molecule has 2 rings (SSSR count). The summed E-state index contributed by atoms with van der Waals surface area (Å²) in [7, 11) is 0. The summed E-state index contributed by atoms with van der Waals surface area (Å²) < 4.78 is 5.12. The molecule has 0 spiro atoms. The number of benzene rings is 2. The van der Waals surface area contributed by atoms with Crippen molar-refractivity contribution in [1.29, 1.82) is 0 Å². The summed E-state index contributed by atoms with van der Waals surface area (Å²) in [5, 5.41) is 8.73. The second-order valence-corrected chi connectivity index (χ2v) is 7.03. The zero-order valence-electron chi connectivity index (χ0n) is 16.5. The molecule has 2 aromatic rings. The standard InChI is InChI=1S/C21H24ClN3O4/c1-13(2)29-21(28)15-7-9-16(10-8-15)23-11-19(26)24-12-20(27)25-18-6-4-5-17(22)14(18)3/h4-10,13,23H,11-12H2,1-3H3,(H,24,26)(H,25,27). The zero-order valence-corrected chi connectivity index (χ0v) is 17.3. The van der Waals surface area contributed by atoms with Gasteiger partial charge in [0.1, 0.15) is 0 Å². The van der Waals surface area contributed by atoms with Gasteiger partial charge in [-0.1, -0.05) is 17.7 Å². The van der Waals surface area contributed by atoms with Gasteiger partial charge in [0.05, 0.1) is 24.8 Å². The maximum Gasteiger partial charge on any atom is 0.338 e. The van der Waals surface area contributed by atoms with E-state index in [0.717, 1.165) is 5.56 Å². The lowest BCUT2D eigenvalue weighted by molar-refractivity contribution is -0.122. The van der Waals surface area contributed by atoms with E-state index in [4.69, 9.17) is 16.3 Å². The van der Waals surface area contributed by atoms with Crippen LogP contribution in [0.15, 0.2) is 42.5 Å². The van der Waals surface area contributed by atoms with Crippen LogP contribution >= 0.6 is 11.6 Å². The predicted octanol–water partition coefficient (Wildman–Crippen LogP) is 3.38. The molecule has 0 saturated heterocycles. The molecule has 154 valence electrons. The molecular formula is C21H24ClN3O4. The van der Waals surface area contributed by atoms with Crippen molar-refractivity contribution in [2.45, 2.75) is 26.9 Å². The fourth-order valence-electron chi connectivity index (χ4n) is 2.37. The van der Waals surface area contributed by atoms with Crippen LogP contribution in [0, 0.1) is 6.92 Å². The molecule has 0 unspecified atom stereocenters. The van der Waals surface area contributed by atoms with Crippen LogP contribution in [0.4, 0.5) is 11.4 Å². The topological polar surface area (TPSA) is 96.5 Å². The highest BCUT2D eigenvalue weighted by Crippen LogP contribution is 2.22. The van der Waals surface area contributed by atoms with Gasteiger partial charge in [-0.25, -0.2) is 4.79 Å². The van der Waals surface area contributed by atoms with Gasteiger partial charge in [0, 0.05) is 16.4 Å². The second kappa shape index (κ2) is 10.5. The quantitative estimate of drug-likeness (QED) is 0.572. The molecule has 0 aliphatic rings. The first kappa shape index (κ1) is 22.2. The van der Waals surface area contributed by atoms with E-state index >= 15 is 0 Å². The highest BCUT2D eigenvalue weighted by molar-refractivity contribution is 6.31. The summed E-state index contributed by atoms with van der Waals surface area (Å²) in [5.74, 6) is -1.09. The third-order valence-electron chi connectivity index (χ3n) is 3.90. The lowest BCUT2D eigenvalue weighted by Crippen LogP contribution is -2.36. The number of ether oxygens (including phenoxy) is 1. The van der Waals surface area contributed by atoms with Crippen LogP contribution in [0.25, 0.3) is 0 Å². The highest BCUT2D eigenvalue weighted by atomic mass is 35.5. The van der Waals surface area contributed by atoms with E-state index in [9.17, 15) is 14.4 Å². The Morgan fingerprint density at radius 1 is 1.00 bits per heavy atom. The monoisotopic (exact) mass is 417 g/mol. The number of halogens is 1. The summed E-state index contributed by atoms with van der Waals surface area (Å²) in [6.07, 6.45) is -0.191. The van der Waals surface area contributed by atoms with Gasteiger partial charge in [0.15, 0.2) is 0 Å². The first-order valence-corrected chi connectivity index (χ1v) is 9.50. The molecule has 0 fully saturated rings. The van der Waals surface area contributed by atoms with Crippen molar-refractivity contribution < 1.29 is 19.1 Å². The van der Waals surface area contributed by atoms with E-state index < -0.39 is 5.97 Å². The Hall–Kier alpha value is -3.06. The van der Waals surface area contributed by atoms with Crippen LogP contribution < -0.4 is 16.0 Å². The van der Waals surface area contributed by atoms with E-state index in [0.29, 0.717) is 22.0 Å². The van der Waals surface area contributed by atoms with Crippen LogP contribution in [-0.4, -0.2) is 37.0 Å². The van der Waals surface area contributed by atoms with Crippen molar-refractivity contribution in [3.05, 3.63) is 58.6 Å². The SMILES string of the molecule is Cc1c(Cl)cccc1NC(=O)CNC(=O)CNc1ccc(C(=O)OC(C)C)cc1. The molecule has 0 aromatic heterocycles. The Morgan fingerprint density at radius 3 is 2.34 bits per heavy atom. The first-order valence-electron chi connectivity index (χ1n) is 9.13.